The highest BCUT2D eigenvalue weighted by Crippen LogP contribution is 2.19. The van der Waals surface area contributed by atoms with Crippen molar-refractivity contribution < 1.29 is 14.3 Å². The zero-order chi connectivity index (χ0) is 21.8. The number of carbonyl (C=O) groups is 2. The number of aryl methyl sites for hydroxylation is 1. The van der Waals surface area contributed by atoms with E-state index in [0.29, 0.717) is 29.9 Å². The minimum atomic E-state index is -0.552. The van der Waals surface area contributed by atoms with E-state index < -0.39 is 5.97 Å². The van der Waals surface area contributed by atoms with E-state index in [9.17, 15) is 9.59 Å². The van der Waals surface area contributed by atoms with Crippen LogP contribution in [0.25, 0.3) is 16.6 Å². The van der Waals surface area contributed by atoms with Crippen molar-refractivity contribution in [1.82, 2.24) is 20.1 Å². The SMILES string of the molecule is Cc1nn(-c2ccccc2)c(C)c1C(=O)OCC(=O)NCCc1c[nH]c2ccccc12. The van der Waals surface area contributed by atoms with Crippen LogP contribution in [0.5, 0.6) is 0 Å². The molecule has 0 saturated carbocycles. The van der Waals surface area contributed by atoms with Crippen LogP contribution >= 0.6 is 0 Å². The first-order chi connectivity index (χ1) is 15.0. The molecule has 0 fully saturated rings. The zero-order valence-electron chi connectivity index (χ0n) is 17.5. The summed E-state index contributed by atoms with van der Waals surface area (Å²) >= 11 is 0. The normalized spacial score (nSPS) is 10.9. The molecule has 0 atom stereocenters. The highest BCUT2D eigenvalue weighted by atomic mass is 16.5. The van der Waals surface area contributed by atoms with Gasteiger partial charge in [0, 0.05) is 23.6 Å². The molecule has 0 aliphatic carbocycles. The minimum Gasteiger partial charge on any atom is -0.452 e. The number of aromatic nitrogens is 3. The third-order valence-corrected chi connectivity index (χ3v) is 5.22. The van der Waals surface area contributed by atoms with Crippen LogP contribution in [0.2, 0.25) is 0 Å². The first-order valence-electron chi connectivity index (χ1n) is 10.1. The highest BCUT2D eigenvalue weighted by Gasteiger charge is 2.21. The lowest BCUT2D eigenvalue weighted by atomic mass is 10.1. The Balaban J connectivity index is 1.31. The van der Waals surface area contributed by atoms with E-state index in [0.717, 1.165) is 22.2 Å². The summed E-state index contributed by atoms with van der Waals surface area (Å²) in [6, 6.07) is 17.6. The Morgan fingerprint density at radius 1 is 1.06 bits per heavy atom. The van der Waals surface area contributed by atoms with Crippen molar-refractivity contribution in [3.63, 3.8) is 0 Å². The topological polar surface area (TPSA) is 89.0 Å². The van der Waals surface area contributed by atoms with Crippen LogP contribution in [0.3, 0.4) is 0 Å². The molecule has 31 heavy (non-hydrogen) atoms. The summed E-state index contributed by atoms with van der Waals surface area (Å²) in [5.74, 6) is -0.886. The highest BCUT2D eigenvalue weighted by molar-refractivity contribution is 5.93. The number of fused-ring (bicyclic) bond motifs is 1. The van der Waals surface area contributed by atoms with Gasteiger partial charge in [0.05, 0.1) is 17.1 Å². The number of hydrogen-bond acceptors (Lipinski definition) is 4. The van der Waals surface area contributed by atoms with Crippen molar-refractivity contribution in [3.8, 4) is 5.69 Å². The van der Waals surface area contributed by atoms with Gasteiger partial charge in [-0.15, -0.1) is 0 Å². The number of amides is 1. The molecular formula is C24H24N4O3. The first-order valence-corrected chi connectivity index (χ1v) is 10.1. The predicted octanol–water partition coefficient (Wildman–Crippen LogP) is 3.49. The van der Waals surface area contributed by atoms with Crippen LogP contribution in [0.1, 0.15) is 27.3 Å². The molecule has 0 bridgehead atoms. The van der Waals surface area contributed by atoms with Gasteiger partial charge < -0.3 is 15.0 Å². The summed E-state index contributed by atoms with van der Waals surface area (Å²) in [5, 5.41) is 8.39. The van der Waals surface area contributed by atoms with Crippen LogP contribution in [0.4, 0.5) is 0 Å². The van der Waals surface area contributed by atoms with Gasteiger partial charge in [-0.25, -0.2) is 9.48 Å². The standard InChI is InChI=1S/C24H24N4O3/c1-16-23(17(2)28(27-16)19-8-4-3-5-9-19)24(30)31-15-22(29)25-13-12-18-14-26-21-11-7-6-10-20(18)21/h3-11,14,26H,12-13,15H2,1-2H3,(H,25,29). The van der Waals surface area contributed by atoms with Crippen LogP contribution in [-0.2, 0) is 16.0 Å². The molecule has 0 aliphatic rings. The van der Waals surface area contributed by atoms with Crippen LogP contribution < -0.4 is 5.32 Å². The Labute approximate surface area is 180 Å². The van der Waals surface area contributed by atoms with Gasteiger partial charge in [0.2, 0.25) is 0 Å². The Morgan fingerprint density at radius 3 is 2.61 bits per heavy atom. The molecule has 0 unspecified atom stereocenters. The lowest BCUT2D eigenvalue weighted by Crippen LogP contribution is -2.30. The lowest BCUT2D eigenvalue weighted by molar-refractivity contribution is -0.124. The van der Waals surface area contributed by atoms with Gasteiger partial charge in [0.15, 0.2) is 6.61 Å². The number of carbonyl (C=O) groups excluding carboxylic acids is 2. The average Bonchev–Trinajstić information content (AvgIpc) is 3.33. The number of para-hydroxylation sites is 2. The molecule has 1 amide bonds. The van der Waals surface area contributed by atoms with Crippen molar-refractivity contribution in [2.24, 2.45) is 0 Å². The summed E-state index contributed by atoms with van der Waals surface area (Å²) < 4.78 is 6.95. The maximum Gasteiger partial charge on any atom is 0.342 e. The number of benzene rings is 2. The molecule has 2 aromatic heterocycles. The van der Waals surface area contributed by atoms with Gasteiger partial charge in [-0.3, -0.25) is 4.79 Å². The van der Waals surface area contributed by atoms with Crippen molar-refractivity contribution in [2.45, 2.75) is 20.3 Å². The van der Waals surface area contributed by atoms with Gasteiger partial charge in [-0.1, -0.05) is 36.4 Å². The van der Waals surface area contributed by atoms with Crippen LogP contribution in [0, 0.1) is 13.8 Å². The molecular weight excluding hydrogens is 392 g/mol. The maximum absolute atomic E-state index is 12.6. The number of rotatable bonds is 7. The molecule has 7 heteroatoms. The number of aromatic amines is 1. The summed E-state index contributed by atoms with van der Waals surface area (Å²) in [4.78, 5) is 28.0. The Hall–Kier alpha value is -3.87. The number of nitrogens with zero attached hydrogens (tertiary/aromatic N) is 2. The van der Waals surface area contributed by atoms with Crippen molar-refractivity contribution in [3.05, 3.63) is 83.3 Å². The number of hydrogen-bond donors (Lipinski definition) is 2. The molecule has 2 heterocycles. The smallest absolute Gasteiger partial charge is 0.342 e. The molecule has 4 aromatic rings. The lowest BCUT2D eigenvalue weighted by Gasteiger charge is -2.07. The fourth-order valence-corrected chi connectivity index (χ4v) is 3.69. The van der Waals surface area contributed by atoms with Crippen LogP contribution in [0.15, 0.2) is 60.8 Å². The number of esters is 1. The molecule has 7 nitrogen and oxygen atoms in total. The fourth-order valence-electron chi connectivity index (χ4n) is 3.69. The summed E-state index contributed by atoms with van der Waals surface area (Å²) in [7, 11) is 0. The molecule has 0 radical (unpaired) electrons. The summed E-state index contributed by atoms with van der Waals surface area (Å²) in [6.45, 7) is 3.69. The number of ether oxygens (including phenoxy) is 1. The van der Waals surface area contributed by atoms with E-state index >= 15 is 0 Å². The zero-order valence-corrected chi connectivity index (χ0v) is 17.5. The Morgan fingerprint density at radius 2 is 1.81 bits per heavy atom. The van der Waals surface area contributed by atoms with Crippen molar-refractivity contribution >= 4 is 22.8 Å². The molecule has 0 saturated heterocycles. The predicted molar refractivity (Wildman–Crippen MR) is 118 cm³/mol. The van der Waals surface area contributed by atoms with Gasteiger partial charge >= 0.3 is 5.97 Å². The molecule has 2 N–H and O–H groups in total. The second-order valence-corrected chi connectivity index (χ2v) is 7.33. The Bertz CT molecular complexity index is 1220. The largest absolute Gasteiger partial charge is 0.452 e. The summed E-state index contributed by atoms with van der Waals surface area (Å²) in [6.07, 6.45) is 2.64. The second kappa shape index (κ2) is 8.87. The number of nitrogens with one attached hydrogen (secondary N) is 2. The van der Waals surface area contributed by atoms with E-state index in [-0.39, 0.29) is 12.5 Å². The maximum atomic E-state index is 12.6. The van der Waals surface area contributed by atoms with Crippen LogP contribution in [-0.4, -0.2) is 39.8 Å². The minimum absolute atomic E-state index is 0.331. The van der Waals surface area contributed by atoms with E-state index in [4.69, 9.17) is 4.74 Å². The van der Waals surface area contributed by atoms with Gasteiger partial charge in [0.1, 0.15) is 5.56 Å². The average molecular weight is 416 g/mol. The summed E-state index contributed by atoms with van der Waals surface area (Å²) in [5.41, 5.74) is 4.68. The Kier molecular flexibility index (Phi) is 5.84. The van der Waals surface area contributed by atoms with Crippen molar-refractivity contribution in [1.29, 1.82) is 0 Å². The third kappa shape index (κ3) is 4.35. The first kappa shape index (κ1) is 20.4. The van der Waals surface area contributed by atoms with Gasteiger partial charge in [0.25, 0.3) is 5.91 Å². The van der Waals surface area contributed by atoms with Crippen molar-refractivity contribution in [2.75, 3.05) is 13.2 Å². The molecule has 0 spiro atoms. The monoisotopic (exact) mass is 416 g/mol. The quantitative estimate of drug-likeness (QED) is 0.452. The molecule has 158 valence electrons. The van der Waals surface area contributed by atoms with E-state index in [1.165, 1.54) is 0 Å². The number of H-pyrrole nitrogens is 1. The third-order valence-electron chi connectivity index (χ3n) is 5.22. The van der Waals surface area contributed by atoms with Gasteiger partial charge in [-0.05, 0) is 44.0 Å². The fraction of sp³-hybridized carbons (Fsp3) is 0.208. The molecule has 4 rings (SSSR count). The van der Waals surface area contributed by atoms with Gasteiger partial charge in [-0.2, -0.15) is 5.10 Å². The second-order valence-electron chi connectivity index (χ2n) is 7.33. The van der Waals surface area contributed by atoms with E-state index in [1.807, 2.05) is 67.7 Å². The van der Waals surface area contributed by atoms with E-state index in [1.54, 1.807) is 11.6 Å². The molecule has 0 aliphatic heterocycles. The van der Waals surface area contributed by atoms with E-state index in [2.05, 4.69) is 15.4 Å². The molecule has 2 aromatic carbocycles.